The van der Waals surface area contributed by atoms with Crippen LogP contribution < -0.4 is 5.01 Å². The maximum absolute atomic E-state index is 5.00. The van der Waals surface area contributed by atoms with Crippen LogP contribution in [0.25, 0.3) is 6.08 Å². The summed E-state index contributed by atoms with van der Waals surface area (Å²) in [6.45, 7) is 0. The van der Waals surface area contributed by atoms with Crippen LogP contribution >= 0.6 is 0 Å². The Morgan fingerprint density at radius 3 is 2.20 bits per heavy atom. The Morgan fingerprint density at radius 1 is 0.720 bits per heavy atom. The maximum Gasteiger partial charge on any atom is 0.162 e. The van der Waals surface area contributed by atoms with Crippen molar-refractivity contribution in [2.75, 3.05) is 5.01 Å². The lowest BCUT2D eigenvalue weighted by molar-refractivity contribution is 0.431. The minimum absolute atomic E-state index is 0.0406. The highest BCUT2D eigenvalue weighted by Gasteiger charge is 2.38. The first-order valence-corrected chi connectivity index (χ1v) is 8.45. The molecule has 5 rings (SSSR count). The second kappa shape index (κ2) is 5.64. The van der Waals surface area contributed by atoms with Crippen LogP contribution in [0.3, 0.4) is 0 Å². The quantitative estimate of drug-likeness (QED) is 0.671. The lowest BCUT2D eigenvalue weighted by atomic mass is 10.00. The first kappa shape index (κ1) is 14.1. The molecule has 0 bridgehead atoms. The zero-order valence-electron chi connectivity index (χ0n) is 13.7. The van der Waals surface area contributed by atoms with Gasteiger partial charge in [-0.1, -0.05) is 72.8 Å². The number of anilines is 1. The highest BCUT2D eigenvalue weighted by molar-refractivity contribution is 6.02. The Morgan fingerprint density at radius 2 is 1.40 bits per heavy atom. The van der Waals surface area contributed by atoms with Crippen molar-refractivity contribution in [3.63, 3.8) is 0 Å². The Hall–Kier alpha value is -3.33. The van der Waals surface area contributed by atoms with E-state index in [-0.39, 0.29) is 6.17 Å². The van der Waals surface area contributed by atoms with Crippen LogP contribution in [-0.2, 0) is 0 Å². The van der Waals surface area contributed by atoms with E-state index in [4.69, 9.17) is 5.10 Å². The SMILES string of the molecule is C1=CN2C(c3ccccc3)=NN(c3ccccc3)[C@H]2c2ccccc21. The number of hydrogen-bond donors (Lipinski definition) is 0. The summed E-state index contributed by atoms with van der Waals surface area (Å²) in [5.41, 5.74) is 4.72. The molecule has 0 aliphatic carbocycles. The van der Waals surface area contributed by atoms with Crippen molar-refractivity contribution in [1.82, 2.24) is 4.90 Å². The number of amidine groups is 1. The van der Waals surface area contributed by atoms with Gasteiger partial charge in [-0.3, -0.25) is 0 Å². The summed E-state index contributed by atoms with van der Waals surface area (Å²) >= 11 is 0. The van der Waals surface area contributed by atoms with E-state index in [9.17, 15) is 0 Å². The molecule has 1 atom stereocenters. The summed E-state index contributed by atoms with van der Waals surface area (Å²) in [5.74, 6) is 0.972. The van der Waals surface area contributed by atoms with Gasteiger partial charge in [0.2, 0.25) is 0 Å². The first-order chi connectivity index (χ1) is 12.4. The van der Waals surface area contributed by atoms with E-state index in [1.165, 1.54) is 11.1 Å². The van der Waals surface area contributed by atoms with Gasteiger partial charge in [-0.15, -0.1) is 0 Å². The van der Waals surface area contributed by atoms with Crippen LogP contribution in [0.2, 0.25) is 0 Å². The Balaban J connectivity index is 1.69. The van der Waals surface area contributed by atoms with Crippen molar-refractivity contribution in [2.45, 2.75) is 6.17 Å². The number of rotatable bonds is 2. The Bertz CT molecular complexity index is 961. The minimum atomic E-state index is 0.0406. The highest BCUT2D eigenvalue weighted by atomic mass is 15.6. The van der Waals surface area contributed by atoms with Gasteiger partial charge < -0.3 is 4.90 Å². The van der Waals surface area contributed by atoms with Crippen LogP contribution in [0.15, 0.2) is 96.2 Å². The van der Waals surface area contributed by atoms with E-state index in [0.29, 0.717) is 0 Å². The van der Waals surface area contributed by atoms with Crippen LogP contribution in [0.1, 0.15) is 22.9 Å². The molecule has 2 aliphatic heterocycles. The van der Waals surface area contributed by atoms with Crippen molar-refractivity contribution in [3.8, 4) is 0 Å². The lowest BCUT2D eigenvalue weighted by Gasteiger charge is -2.33. The fourth-order valence-corrected chi connectivity index (χ4v) is 3.51. The van der Waals surface area contributed by atoms with Gasteiger partial charge in [0.15, 0.2) is 12.0 Å². The molecular formula is C22H17N3. The summed E-state index contributed by atoms with van der Waals surface area (Å²) in [5, 5.41) is 7.11. The second-order valence-electron chi connectivity index (χ2n) is 6.20. The van der Waals surface area contributed by atoms with Gasteiger partial charge in [0.1, 0.15) is 0 Å². The Labute approximate surface area is 147 Å². The van der Waals surface area contributed by atoms with Gasteiger partial charge in [-0.05, 0) is 23.8 Å². The first-order valence-electron chi connectivity index (χ1n) is 8.45. The van der Waals surface area contributed by atoms with Crippen molar-refractivity contribution in [1.29, 1.82) is 0 Å². The summed E-state index contributed by atoms with van der Waals surface area (Å²) < 4.78 is 0. The van der Waals surface area contributed by atoms with E-state index in [1.807, 2.05) is 12.1 Å². The second-order valence-corrected chi connectivity index (χ2v) is 6.20. The van der Waals surface area contributed by atoms with Crippen LogP contribution in [0.4, 0.5) is 5.69 Å². The molecule has 25 heavy (non-hydrogen) atoms. The molecule has 0 saturated carbocycles. The highest BCUT2D eigenvalue weighted by Crippen LogP contribution is 2.41. The molecule has 0 N–H and O–H groups in total. The van der Waals surface area contributed by atoms with E-state index in [2.05, 4.69) is 95.0 Å². The molecule has 0 amide bonds. The van der Waals surface area contributed by atoms with Crippen molar-refractivity contribution >= 4 is 17.6 Å². The maximum atomic E-state index is 5.00. The zero-order valence-corrected chi connectivity index (χ0v) is 13.7. The molecule has 0 spiro atoms. The topological polar surface area (TPSA) is 18.8 Å². The fourth-order valence-electron chi connectivity index (χ4n) is 3.51. The number of fused-ring (bicyclic) bond motifs is 3. The van der Waals surface area contributed by atoms with Gasteiger partial charge in [0, 0.05) is 17.3 Å². The molecule has 0 saturated heterocycles. The molecule has 3 aromatic carbocycles. The van der Waals surface area contributed by atoms with Crippen molar-refractivity contribution < 1.29 is 0 Å². The van der Waals surface area contributed by atoms with E-state index in [1.54, 1.807) is 0 Å². The third kappa shape index (κ3) is 2.24. The van der Waals surface area contributed by atoms with Crippen molar-refractivity contribution in [2.24, 2.45) is 5.10 Å². The Kier molecular flexibility index (Phi) is 3.17. The summed E-state index contributed by atoms with van der Waals surface area (Å²) in [6, 6.07) is 29.3. The van der Waals surface area contributed by atoms with Gasteiger partial charge in [0.05, 0.1) is 5.69 Å². The summed E-state index contributed by atoms with van der Waals surface area (Å²) in [7, 11) is 0. The standard InChI is InChI=1S/C22H17N3/c1-3-10-18(11-4-1)21-23-25(19-12-5-2-6-13-19)22-20-14-8-7-9-17(20)15-16-24(21)22/h1-16,22H/t22-/m0/s1. The van der Waals surface area contributed by atoms with Gasteiger partial charge >= 0.3 is 0 Å². The monoisotopic (exact) mass is 323 g/mol. The predicted molar refractivity (Wildman–Crippen MR) is 102 cm³/mol. The molecule has 120 valence electrons. The molecule has 3 nitrogen and oxygen atoms in total. The van der Waals surface area contributed by atoms with Gasteiger partial charge in [-0.2, -0.15) is 5.10 Å². The average molecular weight is 323 g/mol. The number of nitrogens with zero attached hydrogens (tertiary/aromatic N) is 3. The lowest BCUT2D eigenvalue weighted by Crippen LogP contribution is -2.33. The third-order valence-corrected chi connectivity index (χ3v) is 4.68. The van der Waals surface area contributed by atoms with Gasteiger partial charge in [-0.25, -0.2) is 5.01 Å². The molecule has 0 aromatic heterocycles. The molecular weight excluding hydrogens is 306 g/mol. The molecule has 0 radical (unpaired) electrons. The largest absolute Gasteiger partial charge is 0.304 e. The fraction of sp³-hybridized carbons (Fsp3) is 0.0455. The summed E-state index contributed by atoms with van der Waals surface area (Å²) in [6.07, 6.45) is 4.35. The summed E-state index contributed by atoms with van der Waals surface area (Å²) in [4.78, 5) is 2.25. The minimum Gasteiger partial charge on any atom is -0.304 e. The van der Waals surface area contributed by atoms with Gasteiger partial charge in [0.25, 0.3) is 0 Å². The number of benzene rings is 3. The smallest absolute Gasteiger partial charge is 0.162 e. The van der Waals surface area contributed by atoms with Crippen LogP contribution in [0, 0.1) is 0 Å². The number of hydrazone groups is 1. The normalized spacial score (nSPS) is 17.9. The van der Waals surface area contributed by atoms with Crippen LogP contribution in [0.5, 0.6) is 0 Å². The van der Waals surface area contributed by atoms with E-state index < -0.39 is 0 Å². The average Bonchev–Trinajstić information content (AvgIpc) is 3.09. The third-order valence-electron chi connectivity index (χ3n) is 4.68. The molecule has 2 heterocycles. The number of para-hydroxylation sites is 1. The molecule has 0 fully saturated rings. The van der Waals surface area contributed by atoms with Crippen LogP contribution in [-0.4, -0.2) is 10.7 Å². The zero-order chi connectivity index (χ0) is 16.6. The van der Waals surface area contributed by atoms with Crippen molar-refractivity contribution in [3.05, 3.63) is 108 Å². The number of hydrogen-bond acceptors (Lipinski definition) is 3. The molecule has 3 aromatic rings. The van der Waals surface area contributed by atoms with E-state index in [0.717, 1.165) is 17.1 Å². The molecule has 2 aliphatic rings. The van der Waals surface area contributed by atoms with E-state index >= 15 is 0 Å². The predicted octanol–water partition coefficient (Wildman–Crippen LogP) is 4.85. The molecule has 0 unspecified atom stereocenters. The molecule has 3 heteroatoms.